The molecule has 1 heterocycles. The fourth-order valence-corrected chi connectivity index (χ4v) is 1.70. The second-order valence-electron chi connectivity index (χ2n) is 3.91. The minimum Gasteiger partial charge on any atom is -0.476 e. The molecular weight excluding hydrogens is 237 g/mol. The smallest absolute Gasteiger partial charge is 0.358 e. The lowest BCUT2D eigenvalue weighted by molar-refractivity contribution is 0.0689. The van der Waals surface area contributed by atoms with Crippen molar-refractivity contribution in [2.75, 3.05) is 0 Å². The van der Waals surface area contributed by atoms with Crippen LogP contribution in [0, 0.1) is 12.7 Å². The number of aromatic nitrogens is 1. The molecule has 0 saturated carbocycles. The van der Waals surface area contributed by atoms with Crippen LogP contribution in [0.2, 0.25) is 0 Å². The van der Waals surface area contributed by atoms with E-state index in [0.717, 1.165) is 0 Å². The molecule has 18 heavy (non-hydrogen) atoms. The number of aromatic carboxylic acids is 1. The van der Waals surface area contributed by atoms with E-state index in [-0.39, 0.29) is 17.3 Å². The van der Waals surface area contributed by atoms with Crippen LogP contribution in [0.15, 0.2) is 28.7 Å². The minimum atomic E-state index is -1.12. The zero-order valence-electron chi connectivity index (χ0n) is 9.81. The standard InChI is InChI=1S/C13H12FNO3/c1-8-12(13(16)17)15-11(18-8)7-6-9-4-2-3-5-10(9)14/h2-5H,6-7H2,1H3,(H,16,17). The number of oxazole rings is 1. The zero-order chi connectivity index (χ0) is 13.1. The molecule has 0 aliphatic carbocycles. The van der Waals surface area contributed by atoms with Gasteiger partial charge in [-0.05, 0) is 25.0 Å². The Balaban J connectivity index is 2.09. The monoisotopic (exact) mass is 249 g/mol. The Morgan fingerprint density at radius 3 is 2.72 bits per heavy atom. The molecular formula is C13H12FNO3. The Kier molecular flexibility index (Phi) is 3.41. The fraction of sp³-hybridized carbons (Fsp3) is 0.231. The van der Waals surface area contributed by atoms with Gasteiger partial charge in [0.25, 0.3) is 0 Å². The number of aryl methyl sites for hydroxylation is 3. The van der Waals surface area contributed by atoms with Crippen molar-refractivity contribution in [1.82, 2.24) is 4.98 Å². The molecule has 2 aromatic rings. The van der Waals surface area contributed by atoms with Crippen molar-refractivity contribution < 1.29 is 18.7 Å². The van der Waals surface area contributed by atoms with E-state index in [4.69, 9.17) is 9.52 Å². The number of carboxylic acids is 1. The highest BCUT2D eigenvalue weighted by Gasteiger charge is 2.15. The first-order valence-electron chi connectivity index (χ1n) is 5.51. The maximum absolute atomic E-state index is 13.4. The molecule has 5 heteroatoms. The van der Waals surface area contributed by atoms with Gasteiger partial charge in [-0.1, -0.05) is 18.2 Å². The zero-order valence-corrected chi connectivity index (χ0v) is 9.81. The number of carbonyl (C=O) groups is 1. The third kappa shape index (κ3) is 2.56. The van der Waals surface area contributed by atoms with Gasteiger partial charge in [-0.25, -0.2) is 14.2 Å². The van der Waals surface area contributed by atoms with Crippen molar-refractivity contribution in [3.05, 3.63) is 53.0 Å². The van der Waals surface area contributed by atoms with Gasteiger partial charge in [0.2, 0.25) is 0 Å². The van der Waals surface area contributed by atoms with Crippen molar-refractivity contribution in [2.24, 2.45) is 0 Å². The average Bonchev–Trinajstić information content (AvgIpc) is 2.70. The summed E-state index contributed by atoms with van der Waals surface area (Å²) in [5.74, 6) is -0.813. The lowest BCUT2D eigenvalue weighted by Gasteiger charge is -1.99. The summed E-state index contributed by atoms with van der Waals surface area (Å²) in [5.41, 5.74) is 0.476. The molecule has 1 aromatic heterocycles. The minimum absolute atomic E-state index is 0.0847. The highest BCUT2D eigenvalue weighted by molar-refractivity contribution is 5.86. The maximum atomic E-state index is 13.4. The molecule has 0 aliphatic rings. The molecule has 0 amide bonds. The Labute approximate surface area is 103 Å². The molecule has 0 atom stereocenters. The number of benzene rings is 1. The van der Waals surface area contributed by atoms with E-state index in [1.807, 2.05) is 0 Å². The first kappa shape index (κ1) is 12.3. The summed E-state index contributed by atoms with van der Waals surface area (Å²) in [6.07, 6.45) is 0.792. The van der Waals surface area contributed by atoms with Gasteiger partial charge in [0.15, 0.2) is 11.6 Å². The van der Waals surface area contributed by atoms with Crippen molar-refractivity contribution >= 4 is 5.97 Å². The highest BCUT2D eigenvalue weighted by atomic mass is 19.1. The molecule has 0 fully saturated rings. The molecule has 2 rings (SSSR count). The van der Waals surface area contributed by atoms with E-state index in [1.54, 1.807) is 25.1 Å². The SMILES string of the molecule is Cc1oc(CCc2ccccc2F)nc1C(=O)O. The topological polar surface area (TPSA) is 63.3 Å². The molecule has 1 aromatic carbocycles. The van der Waals surface area contributed by atoms with Crippen LogP contribution in [0.25, 0.3) is 0 Å². The number of hydrogen-bond donors (Lipinski definition) is 1. The predicted molar refractivity (Wildman–Crippen MR) is 62.0 cm³/mol. The van der Waals surface area contributed by atoms with Crippen LogP contribution in [0.3, 0.4) is 0 Å². The van der Waals surface area contributed by atoms with Crippen molar-refractivity contribution in [3.8, 4) is 0 Å². The molecule has 0 radical (unpaired) electrons. The second-order valence-corrected chi connectivity index (χ2v) is 3.91. The van der Waals surface area contributed by atoms with Crippen LogP contribution in [0.1, 0.15) is 27.7 Å². The predicted octanol–water partition coefficient (Wildman–Crippen LogP) is 2.61. The fourth-order valence-electron chi connectivity index (χ4n) is 1.70. The van der Waals surface area contributed by atoms with E-state index >= 15 is 0 Å². The number of nitrogens with zero attached hydrogens (tertiary/aromatic N) is 1. The number of halogens is 1. The van der Waals surface area contributed by atoms with Gasteiger partial charge in [0, 0.05) is 6.42 Å². The number of rotatable bonds is 4. The quantitative estimate of drug-likeness (QED) is 0.904. The number of hydrogen-bond acceptors (Lipinski definition) is 3. The van der Waals surface area contributed by atoms with Gasteiger partial charge in [-0.2, -0.15) is 0 Å². The van der Waals surface area contributed by atoms with E-state index in [0.29, 0.717) is 24.3 Å². The average molecular weight is 249 g/mol. The second kappa shape index (κ2) is 5.00. The third-order valence-electron chi connectivity index (χ3n) is 2.61. The Bertz CT molecular complexity index is 577. The van der Waals surface area contributed by atoms with Crippen LogP contribution in [0.5, 0.6) is 0 Å². The van der Waals surface area contributed by atoms with E-state index in [1.165, 1.54) is 6.07 Å². The Hall–Kier alpha value is -2.17. The highest BCUT2D eigenvalue weighted by Crippen LogP contribution is 2.14. The van der Waals surface area contributed by atoms with Gasteiger partial charge in [-0.15, -0.1) is 0 Å². The molecule has 4 nitrogen and oxygen atoms in total. The Morgan fingerprint density at radius 1 is 1.39 bits per heavy atom. The van der Waals surface area contributed by atoms with E-state index < -0.39 is 5.97 Å². The molecule has 0 saturated heterocycles. The molecule has 0 spiro atoms. The van der Waals surface area contributed by atoms with Crippen LogP contribution in [-0.4, -0.2) is 16.1 Å². The van der Waals surface area contributed by atoms with Gasteiger partial charge in [0.1, 0.15) is 11.6 Å². The van der Waals surface area contributed by atoms with E-state index in [9.17, 15) is 9.18 Å². The van der Waals surface area contributed by atoms with Crippen molar-refractivity contribution in [1.29, 1.82) is 0 Å². The summed E-state index contributed by atoms with van der Waals surface area (Å²) < 4.78 is 18.6. The lowest BCUT2D eigenvalue weighted by atomic mass is 10.1. The molecule has 0 unspecified atom stereocenters. The van der Waals surface area contributed by atoms with Gasteiger partial charge >= 0.3 is 5.97 Å². The van der Waals surface area contributed by atoms with Crippen molar-refractivity contribution in [3.63, 3.8) is 0 Å². The van der Waals surface area contributed by atoms with Gasteiger partial charge in [0.05, 0.1) is 0 Å². The normalized spacial score (nSPS) is 10.6. The summed E-state index contributed by atoms with van der Waals surface area (Å²) in [5, 5.41) is 8.83. The molecule has 0 aliphatic heterocycles. The first-order chi connectivity index (χ1) is 8.58. The van der Waals surface area contributed by atoms with Crippen LogP contribution in [0.4, 0.5) is 4.39 Å². The Morgan fingerprint density at radius 2 is 2.11 bits per heavy atom. The van der Waals surface area contributed by atoms with Crippen LogP contribution < -0.4 is 0 Å². The molecule has 1 N–H and O–H groups in total. The lowest BCUT2D eigenvalue weighted by Crippen LogP contribution is -1.99. The van der Waals surface area contributed by atoms with Gasteiger partial charge < -0.3 is 9.52 Å². The van der Waals surface area contributed by atoms with E-state index in [2.05, 4.69) is 4.98 Å². The third-order valence-corrected chi connectivity index (χ3v) is 2.61. The molecule has 0 bridgehead atoms. The largest absolute Gasteiger partial charge is 0.476 e. The number of carboxylic acid groups (broad SMARTS) is 1. The summed E-state index contributed by atoms with van der Waals surface area (Å²) in [7, 11) is 0. The summed E-state index contributed by atoms with van der Waals surface area (Å²) >= 11 is 0. The summed E-state index contributed by atoms with van der Waals surface area (Å²) in [4.78, 5) is 14.6. The van der Waals surface area contributed by atoms with Gasteiger partial charge in [-0.3, -0.25) is 0 Å². The van der Waals surface area contributed by atoms with Crippen LogP contribution >= 0.6 is 0 Å². The van der Waals surface area contributed by atoms with Crippen LogP contribution in [-0.2, 0) is 12.8 Å². The summed E-state index contributed by atoms with van der Waals surface area (Å²) in [6, 6.07) is 6.45. The summed E-state index contributed by atoms with van der Waals surface area (Å²) in [6.45, 7) is 1.54. The van der Waals surface area contributed by atoms with Crippen molar-refractivity contribution in [2.45, 2.75) is 19.8 Å². The maximum Gasteiger partial charge on any atom is 0.358 e. The first-order valence-corrected chi connectivity index (χ1v) is 5.51. The molecule has 94 valence electrons.